The molecule has 0 radical (unpaired) electrons. The number of amides is 5. The van der Waals surface area contributed by atoms with Crippen LogP contribution in [0.25, 0.3) is 0 Å². The Kier molecular flexibility index (Phi) is 7.24. The van der Waals surface area contributed by atoms with Gasteiger partial charge in [0, 0.05) is 18.7 Å². The van der Waals surface area contributed by atoms with E-state index in [0.29, 0.717) is 12.8 Å². The third-order valence-electron chi connectivity index (χ3n) is 3.45. The first-order chi connectivity index (χ1) is 10.9. The zero-order valence-electron chi connectivity index (χ0n) is 13.6. The summed E-state index contributed by atoms with van der Waals surface area (Å²) in [6.07, 6.45) is 3.41. The fraction of sp³-hybridized carbons (Fsp3) is 0.600. The third-order valence-corrected chi connectivity index (χ3v) is 3.45. The first-order valence-electron chi connectivity index (χ1n) is 7.82. The van der Waals surface area contributed by atoms with E-state index >= 15 is 0 Å². The Balaban J connectivity index is 2.66. The second-order valence-electron chi connectivity index (χ2n) is 5.37. The van der Waals surface area contributed by atoms with Crippen LogP contribution in [-0.4, -0.2) is 35.2 Å². The van der Waals surface area contributed by atoms with Crippen LogP contribution in [0.15, 0.2) is 12.3 Å². The van der Waals surface area contributed by atoms with Crippen molar-refractivity contribution in [3.8, 4) is 0 Å². The van der Waals surface area contributed by atoms with Crippen LogP contribution in [0.5, 0.6) is 0 Å². The van der Waals surface area contributed by atoms with E-state index < -0.39 is 23.8 Å². The minimum Gasteiger partial charge on any atom is -0.302 e. The summed E-state index contributed by atoms with van der Waals surface area (Å²) in [6.45, 7) is 7.76. The molecule has 1 heterocycles. The maximum Gasteiger partial charge on any atom is 0.330 e. The molecule has 1 aliphatic rings. The monoisotopic (exact) mass is 324 g/mol. The number of carbonyl (C=O) groups is 4. The lowest BCUT2D eigenvalue weighted by atomic mass is 10.0. The predicted molar refractivity (Wildman–Crippen MR) is 83.6 cm³/mol. The Morgan fingerprint density at radius 1 is 1.17 bits per heavy atom. The van der Waals surface area contributed by atoms with Crippen molar-refractivity contribution in [1.29, 1.82) is 0 Å². The number of carbonyl (C=O) groups excluding carboxylic acids is 4. The zero-order chi connectivity index (χ0) is 17.4. The molecule has 0 aromatic rings. The summed E-state index contributed by atoms with van der Waals surface area (Å²) in [5, 5.41) is 2.14. The highest BCUT2D eigenvalue weighted by atomic mass is 16.2. The Bertz CT molecular complexity index is 504. The molecule has 0 bridgehead atoms. The van der Waals surface area contributed by atoms with Crippen molar-refractivity contribution in [2.75, 3.05) is 6.54 Å². The first-order valence-corrected chi connectivity index (χ1v) is 7.82. The fourth-order valence-corrected chi connectivity index (χ4v) is 2.07. The van der Waals surface area contributed by atoms with E-state index in [1.807, 2.05) is 13.8 Å². The first kappa shape index (κ1) is 18.7. The van der Waals surface area contributed by atoms with Crippen molar-refractivity contribution < 1.29 is 19.2 Å². The van der Waals surface area contributed by atoms with Crippen molar-refractivity contribution in [3.63, 3.8) is 0 Å². The van der Waals surface area contributed by atoms with Crippen molar-refractivity contribution in [3.05, 3.63) is 12.3 Å². The predicted octanol–water partition coefficient (Wildman–Crippen LogP) is 0.806. The second kappa shape index (κ2) is 8.92. The lowest BCUT2D eigenvalue weighted by Gasteiger charge is -2.31. The van der Waals surface area contributed by atoms with E-state index in [9.17, 15) is 19.2 Å². The summed E-state index contributed by atoms with van der Waals surface area (Å²) in [7, 11) is 0. The van der Waals surface area contributed by atoms with Gasteiger partial charge in [0.25, 0.3) is 0 Å². The number of barbiturate groups is 1. The molecule has 0 unspecified atom stereocenters. The molecule has 128 valence electrons. The van der Waals surface area contributed by atoms with Crippen molar-refractivity contribution in [2.24, 2.45) is 5.92 Å². The molecular weight excluding hydrogens is 300 g/mol. The molecule has 0 aliphatic carbocycles. The van der Waals surface area contributed by atoms with Gasteiger partial charge in [-0.3, -0.25) is 30.0 Å². The average Bonchev–Trinajstić information content (AvgIpc) is 2.50. The van der Waals surface area contributed by atoms with Gasteiger partial charge < -0.3 is 5.43 Å². The van der Waals surface area contributed by atoms with Crippen LogP contribution in [0.2, 0.25) is 0 Å². The Morgan fingerprint density at radius 3 is 2.43 bits per heavy atom. The van der Waals surface area contributed by atoms with Gasteiger partial charge in [0.1, 0.15) is 0 Å². The number of hydrazine groups is 1. The summed E-state index contributed by atoms with van der Waals surface area (Å²) in [4.78, 5) is 48.5. The standard InChI is InChI=1S/C15H24N4O4/c1-4-6-8-11(20)18-17-10(3)12-13(21)16-15(23)19(14(12)22)9-7-5-2/h12,17H,3-9H2,1-2H3,(H,18,20)(H,16,21,23)/t12-/m0/s1. The molecule has 0 spiro atoms. The number of imide groups is 2. The van der Waals surface area contributed by atoms with Gasteiger partial charge in [-0.25, -0.2) is 4.79 Å². The molecule has 1 saturated heterocycles. The maximum absolute atomic E-state index is 12.3. The smallest absolute Gasteiger partial charge is 0.302 e. The molecule has 1 aliphatic heterocycles. The Hall–Kier alpha value is -2.38. The highest BCUT2D eigenvalue weighted by Crippen LogP contribution is 2.16. The van der Waals surface area contributed by atoms with Crippen LogP contribution in [0, 0.1) is 5.92 Å². The quantitative estimate of drug-likeness (QED) is 0.430. The highest BCUT2D eigenvalue weighted by molar-refractivity contribution is 6.17. The highest BCUT2D eigenvalue weighted by Gasteiger charge is 2.41. The van der Waals surface area contributed by atoms with Crippen LogP contribution in [0.4, 0.5) is 4.79 Å². The van der Waals surface area contributed by atoms with Gasteiger partial charge in [-0.2, -0.15) is 0 Å². The normalized spacial score (nSPS) is 17.7. The molecule has 0 saturated carbocycles. The van der Waals surface area contributed by atoms with E-state index in [4.69, 9.17) is 0 Å². The molecular formula is C15H24N4O4. The van der Waals surface area contributed by atoms with Crippen molar-refractivity contribution in [2.45, 2.75) is 46.0 Å². The van der Waals surface area contributed by atoms with Gasteiger partial charge in [0.2, 0.25) is 17.7 Å². The van der Waals surface area contributed by atoms with Gasteiger partial charge in [-0.1, -0.05) is 33.3 Å². The number of unbranched alkanes of at least 4 members (excludes halogenated alkanes) is 2. The SMILES string of the molecule is C=C(NNC(=O)CCCC)[C@H]1C(=O)NC(=O)N(CCCC)C1=O. The topological polar surface area (TPSA) is 108 Å². The van der Waals surface area contributed by atoms with Gasteiger partial charge in [0.15, 0.2) is 5.92 Å². The third kappa shape index (κ3) is 5.08. The molecule has 1 rings (SSSR count). The summed E-state index contributed by atoms with van der Waals surface area (Å²) < 4.78 is 0. The number of urea groups is 1. The number of nitrogens with one attached hydrogen (secondary N) is 3. The van der Waals surface area contributed by atoms with Crippen molar-refractivity contribution >= 4 is 23.8 Å². The fourth-order valence-electron chi connectivity index (χ4n) is 2.07. The van der Waals surface area contributed by atoms with E-state index in [1.54, 1.807) is 0 Å². The molecule has 1 fully saturated rings. The van der Waals surface area contributed by atoms with Crippen LogP contribution < -0.4 is 16.2 Å². The van der Waals surface area contributed by atoms with Gasteiger partial charge in [-0.05, 0) is 12.8 Å². The summed E-state index contributed by atoms with van der Waals surface area (Å²) in [5.41, 5.74) is 4.93. The Morgan fingerprint density at radius 2 is 1.83 bits per heavy atom. The molecule has 1 atom stereocenters. The summed E-state index contributed by atoms with van der Waals surface area (Å²) >= 11 is 0. The van der Waals surface area contributed by atoms with E-state index in [1.165, 1.54) is 0 Å². The Labute approximate surface area is 135 Å². The summed E-state index contributed by atoms with van der Waals surface area (Å²) in [6, 6.07) is -0.718. The summed E-state index contributed by atoms with van der Waals surface area (Å²) in [5.74, 6) is -2.87. The molecule has 0 aromatic heterocycles. The number of hydrogen-bond acceptors (Lipinski definition) is 5. The molecule has 8 heteroatoms. The number of nitrogens with zero attached hydrogens (tertiary/aromatic N) is 1. The molecule has 3 N–H and O–H groups in total. The lowest BCUT2D eigenvalue weighted by Crippen LogP contribution is -2.60. The molecule has 8 nitrogen and oxygen atoms in total. The average molecular weight is 324 g/mol. The van der Waals surface area contributed by atoms with E-state index in [2.05, 4.69) is 22.7 Å². The molecule has 0 aromatic carbocycles. The number of rotatable bonds is 9. The van der Waals surface area contributed by atoms with Crippen LogP contribution in [-0.2, 0) is 14.4 Å². The van der Waals surface area contributed by atoms with Gasteiger partial charge in [-0.15, -0.1) is 0 Å². The molecule has 5 amide bonds. The largest absolute Gasteiger partial charge is 0.330 e. The second-order valence-corrected chi connectivity index (χ2v) is 5.37. The molecule has 23 heavy (non-hydrogen) atoms. The maximum atomic E-state index is 12.3. The van der Waals surface area contributed by atoms with Gasteiger partial charge in [0.05, 0.1) is 0 Å². The van der Waals surface area contributed by atoms with Crippen LogP contribution in [0.3, 0.4) is 0 Å². The lowest BCUT2D eigenvalue weighted by molar-refractivity contribution is -0.141. The van der Waals surface area contributed by atoms with Crippen molar-refractivity contribution in [1.82, 2.24) is 21.1 Å². The van der Waals surface area contributed by atoms with Crippen LogP contribution in [0.1, 0.15) is 46.0 Å². The number of hydrogen-bond donors (Lipinski definition) is 3. The van der Waals surface area contributed by atoms with E-state index in [-0.39, 0.29) is 18.1 Å². The minimum absolute atomic E-state index is 0.0337. The zero-order valence-corrected chi connectivity index (χ0v) is 13.6. The van der Waals surface area contributed by atoms with Crippen LogP contribution >= 0.6 is 0 Å². The minimum atomic E-state index is -1.24. The van der Waals surface area contributed by atoms with E-state index in [0.717, 1.165) is 24.2 Å². The van der Waals surface area contributed by atoms with Gasteiger partial charge >= 0.3 is 6.03 Å².